The molecule has 0 atom stereocenters. The smallest absolute Gasteiger partial charge is 0.119 e. The van der Waals surface area contributed by atoms with E-state index in [0.29, 0.717) is 12.5 Å². The first-order valence-corrected chi connectivity index (χ1v) is 5.16. The van der Waals surface area contributed by atoms with Crippen LogP contribution < -0.4 is 4.74 Å². The molecule has 0 N–H and O–H groups in total. The monoisotopic (exact) mass is 218 g/mol. The minimum Gasteiger partial charge on any atom is -0.492 e. The lowest BCUT2D eigenvalue weighted by atomic mass is 10.1. The number of rotatable bonds is 4. The number of benzene rings is 1. The second-order valence-electron chi connectivity index (χ2n) is 2.64. The van der Waals surface area contributed by atoms with Crippen LogP contribution in [-0.2, 0) is 6.42 Å². The molecule has 0 aromatic heterocycles. The van der Waals surface area contributed by atoms with E-state index in [4.69, 9.17) is 27.9 Å². The zero-order valence-electron chi connectivity index (χ0n) is 7.52. The van der Waals surface area contributed by atoms with E-state index in [0.717, 1.165) is 22.8 Å². The third-order valence-electron chi connectivity index (χ3n) is 1.74. The van der Waals surface area contributed by atoms with Gasteiger partial charge in [0, 0.05) is 5.02 Å². The van der Waals surface area contributed by atoms with Gasteiger partial charge in [-0.25, -0.2) is 0 Å². The van der Waals surface area contributed by atoms with E-state index in [9.17, 15) is 0 Å². The highest BCUT2D eigenvalue weighted by molar-refractivity contribution is 6.31. The van der Waals surface area contributed by atoms with Crippen LogP contribution in [0.1, 0.15) is 12.5 Å². The van der Waals surface area contributed by atoms with Gasteiger partial charge >= 0.3 is 0 Å². The van der Waals surface area contributed by atoms with Crippen molar-refractivity contribution in [3.63, 3.8) is 0 Å². The van der Waals surface area contributed by atoms with Crippen LogP contribution in [0.5, 0.6) is 5.75 Å². The van der Waals surface area contributed by atoms with Gasteiger partial charge in [-0.2, -0.15) is 0 Å². The van der Waals surface area contributed by atoms with E-state index >= 15 is 0 Å². The molecular weight excluding hydrogens is 207 g/mol. The van der Waals surface area contributed by atoms with Crippen LogP contribution in [0.25, 0.3) is 0 Å². The van der Waals surface area contributed by atoms with Crippen molar-refractivity contribution in [3.05, 3.63) is 28.8 Å². The highest BCUT2D eigenvalue weighted by atomic mass is 35.5. The van der Waals surface area contributed by atoms with Crippen molar-refractivity contribution in [1.29, 1.82) is 0 Å². The summed E-state index contributed by atoms with van der Waals surface area (Å²) in [7, 11) is 0. The standard InChI is InChI=1S/C10H12Cl2O/c1-2-8-7-9(13-6-5-11)3-4-10(8)12/h3-4,7H,2,5-6H2,1H3. The number of ether oxygens (including phenoxy) is 1. The topological polar surface area (TPSA) is 9.23 Å². The summed E-state index contributed by atoms with van der Waals surface area (Å²) in [5.74, 6) is 1.34. The molecule has 0 spiro atoms. The fourth-order valence-corrected chi connectivity index (χ4v) is 1.40. The van der Waals surface area contributed by atoms with Crippen LogP contribution in [0, 0.1) is 0 Å². The van der Waals surface area contributed by atoms with Gasteiger partial charge in [-0.15, -0.1) is 11.6 Å². The average molecular weight is 219 g/mol. The van der Waals surface area contributed by atoms with Gasteiger partial charge in [-0.3, -0.25) is 0 Å². The Labute approximate surface area is 88.6 Å². The van der Waals surface area contributed by atoms with Crippen molar-refractivity contribution >= 4 is 23.2 Å². The first kappa shape index (κ1) is 10.7. The van der Waals surface area contributed by atoms with E-state index in [1.165, 1.54) is 0 Å². The molecule has 0 aliphatic heterocycles. The van der Waals surface area contributed by atoms with Gasteiger partial charge in [0.25, 0.3) is 0 Å². The summed E-state index contributed by atoms with van der Waals surface area (Å²) in [6.45, 7) is 2.60. The molecule has 72 valence electrons. The van der Waals surface area contributed by atoms with Crippen LogP contribution in [0.2, 0.25) is 5.02 Å². The van der Waals surface area contributed by atoms with E-state index in [1.54, 1.807) is 0 Å². The van der Waals surface area contributed by atoms with Crippen molar-refractivity contribution in [2.45, 2.75) is 13.3 Å². The van der Waals surface area contributed by atoms with Crippen molar-refractivity contribution in [3.8, 4) is 5.75 Å². The number of halogens is 2. The predicted molar refractivity (Wildman–Crippen MR) is 57.0 cm³/mol. The minimum atomic E-state index is 0.504. The Morgan fingerprint density at radius 1 is 1.38 bits per heavy atom. The van der Waals surface area contributed by atoms with E-state index < -0.39 is 0 Å². The molecule has 0 fully saturated rings. The van der Waals surface area contributed by atoms with Crippen LogP contribution in [0.3, 0.4) is 0 Å². The zero-order chi connectivity index (χ0) is 9.68. The normalized spacial score (nSPS) is 10.1. The van der Waals surface area contributed by atoms with Crippen LogP contribution in [-0.4, -0.2) is 12.5 Å². The summed E-state index contributed by atoms with van der Waals surface area (Å²) in [5.41, 5.74) is 1.11. The Bertz CT molecular complexity index is 274. The minimum absolute atomic E-state index is 0.504. The molecule has 1 aromatic carbocycles. The molecule has 1 aromatic rings. The Morgan fingerprint density at radius 3 is 2.77 bits per heavy atom. The highest BCUT2D eigenvalue weighted by Gasteiger charge is 2.00. The Balaban J connectivity index is 2.74. The van der Waals surface area contributed by atoms with E-state index in [1.807, 2.05) is 18.2 Å². The fourth-order valence-electron chi connectivity index (χ4n) is 1.07. The van der Waals surface area contributed by atoms with Crippen molar-refractivity contribution in [1.82, 2.24) is 0 Å². The summed E-state index contributed by atoms with van der Waals surface area (Å²) < 4.78 is 5.36. The molecule has 3 heteroatoms. The largest absolute Gasteiger partial charge is 0.492 e. The van der Waals surface area contributed by atoms with Gasteiger partial charge in [-0.1, -0.05) is 18.5 Å². The number of aryl methyl sites for hydroxylation is 1. The Morgan fingerprint density at radius 2 is 2.15 bits per heavy atom. The highest BCUT2D eigenvalue weighted by Crippen LogP contribution is 2.22. The van der Waals surface area contributed by atoms with Crippen molar-refractivity contribution < 1.29 is 4.74 Å². The maximum atomic E-state index is 5.95. The predicted octanol–water partition coefficient (Wildman–Crippen LogP) is 3.52. The van der Waals surface area contributed by atoms with Gasteiger partial charge in [0.2, 0.25) is 0 Å². The summed E-state index contributed by atoms with van der Waals surface area (Å²) >= 11 is 11.5. The lowest BCUT2D eigenvalue weighted by Gasteiger charge is -2.06. The fraction of sp³-hybridized carbons (Fsp3) is 0.400. The summed E-state index contributed by atoms with van der Waals surface area (Å²) in [6.07, 6.45) is 0.914. The van der Waals surface area contributed by atoms with Crippen LogP contribution >= 0.6 is 23.2 Å². The molecule has 0 aliphatic carbocycles. The first-order chi connectivity index (χ1) is 6.27. The van der Waals surface area contributed by atoms with E-state index in [2.05, 4.69) is 6.92 Å². The Hall–Kier alpha value is -0.400. The lowest BCUT2D eigenvalue weighted by molar-refractivity contribution is 0.342. The molecule has 0 heterocycles. The third kappa shape index (κ3) is 3.09. The van der Waals surface area contributed by atoms with Gasteiger partial charge < -0.3 is 4.74 Å². The molecular formula is C10H12Cl2O. The average Bonchev–Trinajstić information content (AvgIpc) is 2.16. The molecule has 0 unspecified atom stereocenters. The third-order valence-corrected chi connectivity index (χ3v) is 2.27. The molecule has 0 radical (unpaired) electrons. The number of hydrogen-bond donors (Lipinski definition) is 0. The summed E-state index contributed by atoms with van der Waals surface area (Å²) in [5, 5.41) is 0.792. The molecule has 1 rings (SSSR count). The SMILES string of the molecule is CCc1cc(OCCCl)ccc1Cl. The molecule has 13 heavy (non-hydrogen) atoms. The summed E-state index contributed by atoms with van der Waals surface area (Å²) in [4.78, 5) is 0. The number of alkyl halides is 1. The van der Waals surface area contributed by atoms with Crippen molar-refractivity contribution in [2.75, 3.05) is 12.5 Å². The van der Waals surface area contributed by atoms with Gasteiger partial charge in [0.05, 0.1) is 5.88 Å². The first-order valence-electron chi connectivity index (χ1n) is 4.25. The molecule has 1 nitrogen and oxygen atoms in total. The Kier molecular flexibility index (Phi) is 4.40. The summed E-state index contributed by atoms with van der Waals surface area (Å²) in [6, 6.07) is 5.66. The second-order valence-corrected chi connectivity index (χ2v) is 3.43. The molecule has 0 amide bonds. The van der Waals surface area contributed by atoms with Gasteiger partial charge in [0.1, 0.15) is 12.4 Å². The van der Waals surface area contributed by atoms with Gasteiger partial charge in [-0.05, 0) is 30.2 Å². The van der Waals surface area contributed by atoms with Crippen molar-refractivity contribution in [2.24, 2.45) is 0 Å². The van der Waals surface area contributed by atoms with E-state index in [-0.39, 0.29) is 0 Å². The van der Waals surface area contributed by atoms with Gasteiger partial charge in [0.15, 0.2) is 0 Å². The maximum Gasteiger partial charge on any atom is 0.119 e. The molecule has 0 aliphatic rings. The quantitative estimate of drug-likeness (QED) is 0.704. The molecule has 0 saturated carbocycles. The second kappa shape index (κ2) is 5.36. The molecule has 0 bridgehead atoms. The molecule has 0 saturated heterocycles. The zero-order valence-corrected chi connectivity index (χ0v) is 9.03. The lowest BCUT2D eigenvalue weighted by Crippen LogP contribution is -1.98. The maximum absolute atomic E-state index is 5.95. The number of hydrogen-bond acceptors (Lipinski definition) is 1. The van der Waals surface area contributed by atoms with Crippen LogP contribution in [0.15, 0.2) is 18.2 Å². The van der Waals surface area contributed by atoms with Crippen LogP contribution in [0.4, 0.5) is 0 Å².